The predicted molar refractivity (Wildman–Crippen MR) is 138 cm³/mol. The minimum atomic E-state index is -0.176. The monoisotopic (exact) mass is 547 g/mol. The third-order valence-electron chi connectivity index (χ3n) is 6.03. The van der Waals surface area contributed by atoms with Gasteiger partial charge in [-0.25, -0.2) is 9.37 Å². The summed E-state index contributed by atoms with van der Waals surface area (Å²) in [5, 5.41) is 6.78. The van der Waals surface area contributed by atoms with Crippen LogP contribution in [-0.2, 0) is 24.9 Å². The van der Waals surface area contributed by atoms with Gasteiger partial charge in [0.2, 0.25) is 0 Å². The van der Waals surface area contributed by atoms with Gasteiger partial charge < -0.3 is 15.2 Å². The number of rotatable bonds is 9. The Morgan fingerprint density at radius 2 is 1.94 bits per heavy atom. The van der Waals surface area contributed by atoms with E-state index in [0.29, 0.717) is 6.54 Å². The van der Waals surface area contributed by atoms with Gasteiger partial charge in [0.05, 0.1) is 6.54 Å². The maximum Gasteiger partial charge on any atom is 0.191 e. The Morgan fingerprint density at radius 3 is 2.66 bits per heavy atom. The van der Waals surface area contributed by atoms with E-state index in [1.807, 2.05) is 24.5 Å². The molecule has 5 nitrogen and oxygen atoms in total. The number of hydrogen-bond donors (Lipinski definition) is 2. The molecule has 2 N–H and O–H groups in total. The molecule has 0 radical (unpaired) electrons. The van der Waals surface area contributed by atoms with Gasteiger partial charge in [-0.3, -0.25) is 4.99 Å². The van der Waals surface area contributed by atoms with E-state index in [4.69, 9.17) is 0 Å². The van der Waals surface area contributed by atoms with Crippen LogP contribution in [0.1, 0.15) is 36.2 Å². The van der Waals surface area contributed by atoms with Gasteiger partial charge in [0.25, 0.3) is 0 Å². The van der Waals surface area contributed by atoms with Crippen LogP contribution in [0.3, 0.4) is 0 Å². The second kappa shape index (κ2) is 11.4. The molecule has 4 rings (SSSR count). The minimum Gasteiger partial charge on any atom is -0.356 e. The molecule has 32 heavy (non-hydrogen) atoms. The lowest BCUT2D eigenvalue weighted by Gasteiger charge is -2.19. The summed E-state index contributed by atoms with van der Waals surface area (Å²) in [6, 6.07) is 17.5. The Bertz CT molecular complexity index is 1010. The Hall–Kier alpha value is -2.42. The standard InChI is InChI=1S/C25H30FN5.HI/c1-27-24(30-19-25(12-13-25)21-10-5-11-22(26)17-21)29-18-23-28-14-16-31(23)15-6-9-20-7-3-2-4-8-20;/h2-5,7-8,10-11,14,16-17H,6,9,12-13,15,18-19H2,1H3,(H2,27,29,30);1H. The molecule has 0 saturated heterocycles. The fourth-order valence-electron chi connectivity index (χ4n) is 3.98. The second-order valence-corrected chi connectivity index (χ2v) is 8.20. The number of aromatic nitrogens is 2. The van der Waals surface area contributed by atoms with Crippen molar-refractivity contribution in [3.8, 4) is 0 Å². The fourth-order valence-corrected chi connectivity index (χ4v) is 3.98. The summed E-state index contributed by atoms with van der Waals surface area (Å²) in [5.41, 5.74) is 2.43. The number of aryl methyl sites for hydroxylation is 2. The molecule has 0 spiro atoms. The number of benzene rings is 2. The van der Waals surface area contributed by atoms with Gasteiger partial charge in [-0.2, -0.15) is 0 Å². The number of halogens is 2. The summed E-state index contributed by atoms with van der Waals surface area (Å²) < 4.78 is 15.8. The van der Waals surface area contributed by atoms with Crippen LogP contribution < -0.4 is 10.6 Å². The van der Waals surface area contributed by atoms with Gasteiger partial charge >= 0.3 is 0 Å². The lowest BCUT2D eigenvalue weighted by atomic mass is 9.96. The second-order valence-electron chi connectivity index (χ2n) is 8.20. The Labute approximate surface area is 206 Å². The number of nitrogens with one attached hydrogen (secondary N) is 2. The van der Waals surface area contributed by atoms with Gasteiger partial charge in [-0.1, -0.05) is 42.5 Å². The first-order valence-electron chi connectivity index (χ1n) is 10.9. The highest BCUT2D eigenvalue weighted by molar-refractivity contribution is 14.0. The normalized spacial score (nSPS) is 14.5. The van der Waals surface area contributed by atoms with E-state index in [9.17, 15) is 4.39 Å². The maximum atomic E-state index is 13.6. The number of nitrogens with zero attached hydrogens (tertiary/aromatic N) is 3. The third kappa shape index (κ3) is 6.31. The molecule has 1 aliphatic carbocycles. The zero-order valence-electron chi connectivity index (χ0n) is 18.4. The first kappa shape index (κ1) is 24.2. The van der Waals surface area contributed by atoms with E-state index in [2.05, 4.69) is 49.4 Å². The summed E-state index contributed by atoms with van der Waals surface area (Å²) in [5.74, 6) is 1.55. The van der Waals surface area contributed by atoms with E-state index in [1.165, 1.54) is 11.6 Å². The molecular weight excluding hydrogens is 516 g/mol. The van der Waals surface area contributed by atoms with Crippen LogP contribution >= 0.6 is 24.0 Å². The average molecular weight is 547 g/mol. The van der Waals surface area contributed by atoms with E-state index in [0.717, 1.165) is 56.1 Å². The molecule has 2 aromatic carbocycles. The molecule has 1 heterocycles. The third-order valence-corrected chi connectivity index (χ3v) is 6.03. The van der Waals surface area contributed by atoms with Crippen LogP contribution in [-0.4, -0.2) is 29.1 Å². The number of hydrogen-bond acceptors (Lipinski definition) is 2. The van der Waals surface area contributed by atoms with E-state index in [1.54, 1.807) is 19.2 Å². The molecule has 1 fully saturated rings. The van der Waals surface area contributed by atoms with Crippen LogP contribution in [0.2, 0.25) is 0 Å². The summed E-state index contributed by atoms with van der Waals surface area (Å²) >= 11 is 0. The van der Waals surface area contributed by atoms with Gasteiger partial charge in [-0.05, 0) is 48.9 Å². The topological polar surface area (TPSA) is 54.2 Å². The molecule has 1 aromatic heterocycles. The van der Waals surface area contributed by atoms with Crippen molar-refractivity contribution >= 4 is 29.9 Å². The highest BCUT2D eigenvalue weighted by Crippen LogP contribution is 2.47. The number of imidazole rings is 1. The van der Waals surface area contributed by atoms with Crippen LogP contribution in [0.25, 0.3) is 0 Å². The van der Waals surface area contributed by atoms with Crippen molar-refractivity contribution in [1.82, 2.24) is 20.2 Å². The lowest BCUT2D eigenvalue weighted by Crippen LogP contribution is -2.41. The Morgan fingerprint density at radius 1 is 1.12 bits per heavy atom. The largest absolute Gasteiger partial charge is 0.356 e. The van der Waals surface area contributed by atoms with Crippen molar-refractivity contribution in [2.24, 2.45) is 4.99 Å². The quantitative estimate of drug-likeness (QED) is 0.233. The zero-order valence-corrected chi connectivity index (χ0v) is 20.8. The Balaban J connectivity index is 0.00000289. The first-order valence-corrected chi connectivity index (χ1v) is 10.9. The smallest absolute Gasteiger partial charge is 0.191 e. The summed E-state index contributed by atoms with van der Waals surface area (Å²) in [7, 11) is 1.77. The van der Waals surface area contributed by atoms with Crippen LogP contribution in [0, 0.1) is 5.82 Å². The fraction of sp³-hybridized carbons (Fsp3) is 0.360. The molecule has 0 aliphatic heterocycles. The van der Waals surface area contributed by atoms with E-state index < -0.39 is 0 Å². The van der Waals surface area contributed by atoms with E-state index >= 15 is 0 Å². The molecule has 0 atom stereocenters. The SMILES string of the molecule is CN=C(NCc1nccn1CCCc1ccccc1)NCC1(c2cccc(F)c2)CC1.I. The highest BCUT2D eigenvalue weighted by Gasteiger charge is 2.44. The lowest BCUT2D eigenvalue weighted by molar-refractivity contribution is 0.593. The minimum absolute atomic E-state index is 0. The van der Waals surface area contributed by atoms with Crippen molar-refractivity contribution in [3.63, 3.8) is 0 Å². The summed E-state index contributed by atoms with van der Waals surface area (Å²) in [6.45, 7) is 2.27. The van der Waals surface area contributed by atoms with Crippen molar-refractivity contribution in [3.05, 3.63) is 89.8 Å². The molecule has 1 saturated carbocycles. The maximum absolute atomic E-state index is 13.6. The zero-order chi connectivity index (χ0) is 21.5. The Kier molecular flexibility index (Phi) is 8.67. The van der Waals surface area contributed by atoms with Gasteiger partial charge in [0.1, 0.15) is 11.6 Å². The molecular formula is C25H31FIN5. The molecule has 7 heteroatoms. The average Bonchev–Trinajstić information content (AvgIpc) is 3.46. The van der Waals surface area contributed by atoms with E-state index in [-0.39, 0.29) is 35.2 Å². The van der Waals surface area contributed by atoms with Crippen LogP contribution in [0.15, 0.2) is 72.0 Å². The molecule has 3 aromatic rings. The van der Waals surface area contributed by atoms with Gasteiger partial charge in [0, 0.05) is 37.9 Å². The number of aliphatic imine (C=N–C) groups is 1. The van der Waals surface area contributed by atoms with Crippen molar-refractivity contribution in [2.45, 2.75) is 44.2 Å². The molecule has 0 amide bonds. The van der Waals surface area contributed by atoms with Crippen molar-refractivity contribution in [2.75, 3.05) is 13.6 Å². The highest BCUT2D eigenvalue weighted by atomic mass is 127. The molecule has 1 aliphatic rings. The summed E-state index contributed by atoms with van der Waals surface area (Å²) in [4.78, 5) is 8.85. The molecule has 0 bridgehead atoms. The molecule has 170 valence electrons. The summed E-state index contributed by atoms with van der Waals surface area (Å²) in [6.07, 6.45) is 8.12. The first-order chi connectivity index (χ1) is 15.2. The van der Waals surface area contributed by atoms with Crippen molar-refractivity contribution in [1.29, 1.82) is 0 Å². The molecule has 0 unspecified atom stereocenters. The van der Waals surface area contributed by atoms with Gasteiger partial charge in [0.15, 0.2) is 5.96 Å². The van der Waals surface area contributed by atoms with Gasteiger partial charge in [-0.15, -0.1) is 24.0 Å². The van der Waals surface area contributed by atoms with Crippen molar-refractivity contribution < 1.29 is 4.39 Å². The van der Waals surface area contributed by atoms with Crippen LogP contribution in [0.5, 0.6) is 0 Å². The van der Waals surface area contributed by atoms with Crippen LogP contribution in [0.4, 0.5) is 4.39 Å². The number of guanidine groups is 1. The predicted octanol–water partition coefficient (Wildman–Crippen LogP) is 4.67.